The molecule has 2 aromatic carbocycles. The molecule has 0 radical (unpaired) electrons. The number of hydrogen-bond donors (Lipinski definition) is 1. The first kappa shape index (κ1) is 20.0. The van der Waals surface area contributed by atoms with Gasteiger partial charge in [0.15, 0.2) is 0 Å². The molecule has 5 nitrogen and oxygen atoms in total. The first-order valence-corrected chi connectivity index (χ1v) is 9.59. The Kier molecular flexibility index (Phi) is 6.37. The summed E-state index contributed by atoms with van der Waals surface area (Å²) >= 11 is 0. The Labute approximate surface area is 166 Å². The van der Waals surface area contributed by atoms with Gasteiger partial charge in [0.2, 0.25) is 5.91 Å². The number of amides is 1. The molecule has 3 aromatic rings. The van der Waals surface area contributed by atoms with Gasteiger partial charge in [0.25, 0.3) is 0 Å². The summed E-state index contributed by atoms with van der Waals surface area (Å²) in [5, 5.41) is 4.35. The lowest BCUT2D eigenvalue weighted by atomic mass is 10.0. The molecule has 1 heterocycles. The minimum Gasteiger partial charge on any atom is -0.497 e. The van der Waals surface area contributed by atoms with E-state index in [-0.39, 0.29) is 11.9 Å². The first-order valence-electron chi connectivity index (χ1n) is 9.59. The molecule has 0 spiro atoms. The van der Waals surface area contributed by atoms with Crippen molar-refractivity contribution in [1.82, 2.24) is 14.8 Å². The van der Waals surface area contributed by atoms with Crippen molar-refractivity contribution in [3.8, 4) is 5.75 Å². The summed E-state index contributed by atoms with van der Waals surface area (Å²) in [5.41, 5.74) is 3.57. The monoisotopic (exact) mass is 379 g/mol. The molecule has 3 rings (SSSR count). The number of nitrogens with zero attached hydrogens (tertiary/aromatic N) is 2. The molecule has 28 heavy (non-hydrogen) atoms. The van der Waals surface area contributed by atoms with Gasteiger partial charge in [0.1, 0.15) is 5.75 Å². The van der Waals surface area contributed by atoms with Crippen LogP contribution in [0.15, 0.2) is 54.7 Å². The predicted molar refractivity (Wildman–Crippen MR) is 114 cm³/mol. The zero-order chi connectivity index (χ0) is 20.1. The minimum atomic E-state index is 0.0721. The van der Waals surface area contributed by atoms with E-state index in [2.05, 4.69) is 66.4 Å². The number of fused-ring (bicyclic) bond motifs is 1. The van der Waals surface area contributed by atoms with E-state index >= 15 is 0 Å². The fraction of sp³-hybridized carbons (Fsp3) is 0.348. The molecule has 0 aliphatic heterocycles. The van der Waals surface area contributed by atoms with Crippen molar-refractivity contribution in [3.63, 3.8) is 0 Å². The Morgan fingerprint density at radius 2 is 1.86 bits per heavy atom. The third kappa shape index (κ3) is 4.54. The molecule has 0 aliphatic rings. The van der Waals surface area contributed by atoms with Gasteiger partial charge in [0.05, 0.1) is 13.2 Å². The van der Waals surface area contributed by atoms with Crippen molar-refractivity contribution < 1.29 is 9.53 Å². The number of para-hydroxylation sites is 1. The van der Waals surface area contributed by atoms with E-state index < -0.39 is 0 Å². The van der Waals surface area contributed by atoms with E-state index in [4.69, 9.17) is 4.74 Å². The highest BCUT2D eigenvalue weighted by Crippen LogP contribution is 2.28. The van der Waals surface area contributed by atoms with Crippen molar-refractivity contribution >= 4 is 16.8 Å². The highest BCUT2D eigenvalue weighted by Gasteiger charge is 2.19. The maximum atomic E-state index is 12.4. The lowest BCUT2D eigenvalue weighted by Gasteiger charge is -2.24. The Morgan fingerprint density at radius 3 is 2.54 bits per heavy atom. The second-order valence-corrected chi connectivity index (χ2v) is 7.34. The second kappa shape index (κ2) is 8.93. The van der Waals surface area contributed by atoms with Crippen LogP contribution in [-0.4, -0.2) is 43.1 Å². The Bertz CT molecular complexity index is 929. The number of likely N-dealkylation sites (N-methyl/N-ethyl adjacent to an activating group) is 1. The molecule has 0 saturated heterocycles. The molecule has 1 unspecified atom stereocenters. The third-order valence-electron chi connectivity index (χ3n) is 5.20. The predicted octanol–water partition coefficient (Wildman–Crippen LogP) is 3.54. The van der Waals surface area contributed by atoms with Crippen molar-refractivity contribution in [1.29, 1.82) is 0 Å². The quantitative estimate of drug-likeness (QED) is 0.651. The number of aromatic nitrogens is 1. The van der Waals surface area contributed by atoms with Gasteiger partial charge in [-0.25, -0.2) is 0 Å². The molecule has 0 fully saturated rings. The molecule has 0 saturated carbocycles. The van der Waals surface area contributed by atoms with Crippen molar-refractivity contribution in [2.45, 2.75) is 18.9 Å². The van der Waals surface area contributed by atoms with Gasteiger partial charge >= 0.3 is 0 Å². The summed E-state index contributed by atoms with van der Waals surface area (Å²) in [7, 11) is 7.82. The van der Waals surface area contributed by atoms with Crippen LogP contribution in [-0.2, 0) is 18.3 Å². The maximum absolute atomic E-state index is 12.4. The summed E-state index contributed by atoms with van der Waals surface area (Å²) in [6.07, 6.45) is 3.36. The number of nitrogens with one attached hydrogen (secondary N) is 1. The van der Waals surface area contributed by atoms with Crippen LogP contribution < -0.4 is 10.1 Å². The number of ether oxygens (including phenoxy) is 1. The molecular weight excluding hydrogens is 350 g/mol. The van der Waals surface area contributed by atoms with E-state index in [1.807, 2.05) is 24.3 Å². The summed E-state index contributed by atoms with van der Waals surface area (Å²) in [5.74, 6) is 0.903. The molecule has 148 valence electrons. The SMILES string of the molecule is COc1ccc(CCC(=O)NCC(c2cn(C)c3ccccc23)N(C)C)cc1. The zero-order valence-corrected chi connectivity index (χ0v) is 17.1. The van der Waals surface area contributed by atoms with Gasteiger partial charge in [-0.05, 0) is 49.8 Å². The maximum Gasteiger partial charge on any atom is 0.220 e. The smallest absolute Gasteiger partial charge is 0.220 e. The molecule has 5 heteroatoms. The molecule has 1 N–H and O–H groups in total. The highest BCUT2D eigenvalue weighted by molar-refractivity contribution is 5.84. The number of carbonyl (C=O) groups excluding carboxylic acids is 1. The Morgan fingerprint density at radius 1 is 1.14 bits per heavy atom. The molecule has 0 aliphatic carbocycles. The van der Waals surface area contributed by atoms with Crippen LogP contribution in [0.5, 0.6) is 5.75 Å². The van der Waals surface area contributed by atoms with Gasteiger partial charge in [-0.2, -0.15) is 0 Å². The van der Waals surface area contributed by atoms with E-state index in [1.54, 1.807) is 7.11 Å². The van der Waals surface area contributed by atoms with Crippen LogP contribution in [0.3, 0.4) is 0 Å². The van der Waals surface area contributed by atoms with Gasteiger partial charge in [-0.15, -0.1) is 0 Å². The normalized spacial score (nSPS) is 12.3. The van der Waals surface area contributed by atoms with Crippen LogP contribution in [0.2, 0.25) is 0 Å². The second-order valence-electron chi connectivity index (χ2n) is 7.34. The molecule has 1 atom stereocenters. The van der Waals surface area contributed by atoms with Gasteiger partial charge in [0, 0.05) is 37.1 Å². The van der Waals surface area contributed by atoms with Gasteiger partial charge in [-0.3, -0.25) is 4.79 Å². The van der Waals surface area contributed by atoms with E-state index in [0.717, 1.165) is 17.7 Å². The molecular formula is C23H29N3O2. The minimum absolute atomic E-state index is 0.0721. The van der Waals surface area contributed by atoms with Crippen molar-refractivity contribution in [2.75, 3.05) is 27.7 Å². The van der Waals surface area contributed by atoms with E-state index in [0.29, 0.717) is 13.0 Å². The Hall–Kier alpha value is -2.79. The average molecular weight is 380 g/mol. The number of aryl methyl sites for hydroxylation is 2. The summed E-state index contributed by atoms with van der Waals surface area (Å²) in [4.78, 5) is 14.6. The number of benzene rings is 2. The zero-order valence-electron chi connectivity index (χ0n) is 17.1. The number of hydrogen-bond acceptors (Lipinski definition) is 3. The van der Waals surface area contributed by atoms with Gasteiger partial charge < -0.3 is 19.5 Å². The first-order chi connectivity index (χ1) is 13.5. The standard InChI is InChI=1S/C23H29N3O2/c1-25(2)22(20-16-26(3)21-8-6-5-7-19(20)21)15-24-23(27)14-11-17-9-12-18(28-4)13-10-17/h5-10,12-13,16,22H,11,14-15H2,1-4H3,(H,24,27). The largest absolute Gasteiger partial charge is 0.497 e. The summed E-state index contributed by atoms with van der Waals surface area (Å²) in [6.45, 7) is 0.586. The third-order valence-corrected chi connectivity index (χ3v) is 5.20. The lowest BCUT2D eigenvalue weighted by molar-refractivity contribution is -0.121. The van der Waals surface area contributed by atoms with E-state index in [9.17, 15) is 4.79 Å². The van der Waals surface area contributed by atoms with Crippen molar-refractivity contribution in [3.05, 3.63) is 65.9 Å². The molecule has 0 bridgehead atoms. The van der Waals surface area contributed by atoms with Crippen LogP contribution >= 0.6 is 0 Å². The number of rotatable bonds is 8. The molecule has 1 amide bonds. The van der Waals surface area contributed by atoms with Crippen LogP contribution in [0.25, 0.3) is 10.9 Å². The van der Waals surface area contributed by atoms with Crippen LogP contribution in [0.1, 0.15) is 23.6 Å². The number of carbonyl (C=O) groups is 1. The molecule has 1 aromatic heterocycles. The average Bonchev–Trinajstić information content (AvgIpc) is 3.03. The Balaban J connectivity index is 1.62. The lowest BCUT2D eigenvalue weighted by Crippen LogP contribution is -2.34. The van der Waals surface area contributed by atoms with E-state index in [1.165, 1.54) is 16.5 Å². The fourth-order valence-electron chi connectivity index (χ4n) is 3.56. The summed E-state index contributed by atoms with van der Waals surface area (Å²) in [6, 6.07) is 16.4. The van der Waals surface area contributed by atoms with Crippen molar-refractivity contribution in [2.24, 2.45) is 7.05 Å². The summed E-state index contributed by atoms with van der Waals surface area (Å²) < 4.78 is 7.32. The number of methoxy groups -OCH3 is 1. The highest BCUT2D eigenvalue weighted by atomic mass is 16.5. The fourth-order valence-corrected chi connectivity index (χ4v) is 3.56. The van der Waals surface area contributed by atoms with Gasteiger partial charge in [-0.1, -0.05) is 30.3 Å². The van der Waals surface area contributed by atoms with Crippen LogP contribution in [0, 0.1) is 0 Å². The topological polar surface area (TPSA) is 46.5 Å². The van der Waals surface area contributed by atoms with Crippen LogP contribution in [0.4, 0.5) is 0 Å².